The molecule has 3 heterocycles. The van der Waals surface area contributed by atoms with Gasteiger partial charge in [-0.15, -0.1) is 11.3 Å². The second-order valence-corrected chi connectivity index (χ2v) is 6.29. The maximum Gasteiger partial charge on any atom is 0.151 e. The Kier molecular flexibility index (Phi) is 4.50. The quantitative estimate of drug-likeness (QED) is 0.831. The first kappa shape index (κ1) is 13.8. The number of nitrogens with one attached hydrogen (secondary N) is 1. The molecule has 0 amide bonds. The number of hydrogen-bond acceptors (Lipinski definition) is 5. The smallest absolute Gasteiger partial charge is 0.151 e. The van der Waals surface area contributed by atoms with Crippen LogP contribution in [-0.4, -0.2) is 23.1 Å². The summed E-state index contributed by atoms with van der Waals surface area (Å²) in [6.45, 7) is 6.98. The van der Waals surface area contributed by atoms with Crippen molar-refractivity contribution < 1.29 is 4.52 Å². The lowest BCUT2D eigenvalue weighted by molar-refractivity contribution is 0.216. The van der Waals surface area contributed by atoms with Gasteiger partial charge >= 0.3 is 0 Å². The molecule has 0 fully saturated rings. The predicted octanol–water partition coefficient (Wildman–Crippen LogP) is 2.79. The number of fused-ring (bicyclic) bond motifs is 1. The van der Waals surface area contributed by atoms with Gasteiger partial charge in [-0.2, -0.15) is 0 Å². The third-order valence-corrected chi connectivity index (χ3v) is 4.63. The lowest BCUT2D eigenvalue weighted by Gasteiger charge is -2.25. The molecule has 20 heavy (non-hydrogen) atoms. The van der Waals surface area contributed by atoms with Gasteiger partial charge in [-0.3, -0.25) is 4.90 Å². The van der Waals surface area contributed by atoms with Crippen molar-refractivity contribution in [3.05, 3.63) is 39.4 Å². The molecule has 0 bridgehead atoms. The molecular formula is C15H21N3OS. The molecule has 3 rings (SSSR count). The van der Waals surface area contributed by atoms with E-state index in [1.165, 1.54) is 5.56 Å². The Balaban J connectivity index is 1.54. The van der Waals surface area contributed by atoms with Crippen LogP contribution in [0.3, 0.4) is 0 Å². The molecular weight excluding hydrogens is 270 g/mol. The molecule has 108 valence electrons. The summed E-state index contributed by atoms with van der Waals surface area (Å²) in [5.74, 6) is 0.969. The fraction of sp³-hybridized carbons (Fsp3) is 0.533. The van der Waals surface area contributed by atoms with E-state index in [2.05, 4.69) is 39.8 Å². The fourth-order valence-electron chi connectivity index (χ4n) is 2.57. The zero-order valence-corrected chi connectivity index (χ0v) is 12.7. The van der Waals surface area contributed by atoms with E-state index in [1.807, 2.05) is 11.3 Å². The van der Waals surface area contributed by atoms with Gasteiger partial charge in [-0.25, -0.2) is 0 Å². The third kappa shape index (κ3) is 3.29. The minimum absolute atomic E-state index is 0.798. The van der Waals surface area contributed by atoms with Gasteiger partial charge in [0.1, 0.15) is 0 Å². The van der Waals surface area contributed by atoms with E-state index in [4.69, 9.17) is 4.52 Å². The monoisotopic (exact) mass is 291 g/mol. The summed E-state index contributed by atoms with van der Waals surface area (Å²) in [6.07, 6.45) is 2.30. The van der Waals surface area contributed by atoms with Crippen molar-refractivity contribution in [2.75, 3.05) is 13.1 Å². The van der Waals surface area contributed by atoms with Gasteiger partial charge in [-0.05, 0) is 36.4 Å². The minimum atomic E-state index is 0.798. The molecule has 0 unspecified atom stereocenters. The van der Waals surface area contributed by atoms with Crippen LogP contribution < -0.4 is 5.32 Å². The molecule has 4 nitrogen and oxygen atoms in total. The molecule has 1 aliphatic rings. The largest absolute Gasteiger partial charge is 0.360 e. The Morgan fingerprint density at radius 1 is 1.50 bits per heavy atom. The minimum Gasteiger partial charge on any atom is -0.360 e. The van der Waals surface area contributed by atoms with Crippen molar-refractivity contribution in [3.8, 4) is 0 Å². The molecule has 0 aliphatic carbocycles. The second-order valence-electron chi connectivity index (χ2n) is 5.29. The summed E-state index contributed by atoms with van der Waals surface area (Å²) in [4.78, 5) is 3.97. The summed E-state index contributed by atoms with van der Waals surface area (Å²) in [5.41, 5.74) is 2.48. The van der Waals surface area contributed by atoms with Crippen molar-refractivity contribution in [2.24, 2.45) is 0 Å². The van der Waals surface area contributed by atoms with Gasteiger partial charge < -0.3 is 9.84 Å². The van der Waals surface area contributed by atoms with Gasteiger partial charge in [0, 0.05) is 30.6 Å². The van der Waals surface area contributed by atoms with Crippen LogP contribution in [0.4, 0.5) is 0 Å². The van der Waals surface area contributed by atoms with Crippen LogP contribution >= 0.6 is 11.3 Å². The first-order valence-electron chi connectivity index (χ1n) is 7.28. The number of hydrogen-bond donors (Lipinski definition) is 1. The Bertz CT molecular complexity index is 549. The van der Waals surface area contributed by atoms with Gasteiger partial charge in [0.15, 0.2) is 5.76 Å². The fourth-order valence-corrected chi connectivity index (χ4v) is 3.46. The molecule has 1 N–H and O–H groups in total. The highest BCUT2D eigenvalue weighted by molar-refractivity contribution is 7.10. The third-order valence-electron chi connectivity index (χ3n) is 3.61. The van der Waals surface area contributed by atoms with Crippen LogP contribution in [0.1, 0.15) is 35.2 Å². The van der Waals surface area contributed by atoms with E-state index in [-0.39, 0.29) is 0 Å². The van der Waals surface area contributed by atoms with E-state index in [0.717, 1.165) is 57.0 Å². The average molecular weight is 291 g/mol. The Hall–Kier alpha value is -1.17. The highest BCUT2D eigenvalue weighted by Gasteiger charge is 2.18. The molecule has 1 aliphatic heterocycles. The lowest BCUT2D eigenvalue weighted by atomic mass is 10.1. The van der Waals surface area contributed by atoms with Crippen LogP contribution in [0.5, 0.6) is 0 Å². The predicted molar refractivity (Wildman–Crippen MR) is 80.6 cm³/mol. The number of thiophene rings is 1. The van der Waals surface area contributed by atoms with Crippen LogP contribution in [0, 0.1) is 0 Å². The maximum absolute atomic E-state index is 5.44. The standard InChI is InChI=1S/C15H21N3OS/c1-2-5-16-9-13-8-14(19-17-13)11-18-6-3-15-12(10-18)4-7-20-15/h4,7-8,16H,2-3,5-6,9-11H2,1H3. The number of nitrogens with zero attached hydrogens (tertiary/aromatic N) is 2. The van der Waals surface area contributed by atoms with Crippen molar-refractivity contribution in [2.45, 2.75) is 39.4 Å². The van der Waals surface area contributed by atoms with Crippen LogP contribution in [0.2, 0.25) is 0 Å². The number of aromatic nitrogens is 1. The molecule has 0 radical (unpaired) electrons. The maximum atomic E-state index is 5.44. The molecule has 2 aromatic rings. The van der Waals surface area contributed by atoms with Crippen molar-refractivity contribution in [1.29, 1.82) is 0 Å². The molecule has 0 spiro atoms. The first-order valence-corrected chi connectivity index (χ1v) is 8.16. The molecule has 0 saturated carbocycles. The zero-order valence-electron chi connectivity index (χ0n) is 11.9. The van der Waals surface area contributed by atoms with Gasteiger partial charge in [0.25, 0.3) is 0 Å². The van der Waals surface area contributed by atoms with Crippen molar-refractivity contribution in [1.82, 2.24) is 15.4 Å². The Labute approximate surface area is 123 Å². The summed E-state index contributed by atoms with van der Waals surface area (Å²) < 4.78 is 5.44. The van der Waals surface area contributed by atoms with E-state index < -0.39 is 0 Å². The molecule has 0 saturated heterocycles. The van der Waals surface area contributed by atoms with Crippen LogP contribution in [-0.2, 0) is 26.1 Å². The highest BCUT2D eigenvalue weighted by Crippen LogP contribution is 2.25. The van der Waals surface area contributed by atoms with E-state index in [1.54, 1.807) is 4.88 Å². The SMILES string of the molecule is CCCNCc1cc(CN2CCc3sccc3C2)on1. The van der Waals surface area contributed by atoms with Crippen molar-refractivity contribution >= 4 is 11.3 Å². The van der Waals surface area contributed by atoms with Gasteiger partial charge in [-0.1, -0.05) is 12.1 Å². The number of rotatable bonds is 6. The first-order chi connectivity index (χ1) is 9.85. The van der Waals surface area contributed by atoms with Crippen LogP contribution in [0.25, 0.3) is 0 Å². The molecule has 5 heteroatoms. The summed E-state index contributed by atoms with van der Waals surface area (Å²) >= 11 is 1.88. The molecule has 0 aromatic carbocycles. The van der Waals surface area contributed by atoms with E-state index >= 15 is 0 Å². The van der Waals surface area contributed by atoms with Gasteiger partial charge in [0.2, 0.25) is 0 Å². The lowest BCUT2D eigenvalue weighted by Crippen LogP contribution is -2.28. The topological polar surface area (TPSA) is 41.3 Å². The molecule has 2 aromatic heterocycles. The molecule has 0 atom stereocenters. The summed E-state index contributed by atoms with van der Waals surface area (Å²) in [6, 6.07) is 4.32. The van der Waals surface area contributed by atoms with Gasteiger partial charge in [0.05, 0.1) is 12.2 Å². The summed E-state index contributed by atoms with van der Waals surface area (Å²) in [5, 5.41) is 9.66. The van der Waals surface area contributed by atoms with Crippen LogP contribution in [0.15, 0.2) is 22.0 Å². The second kappa shape index (κ2) is 6.52. The van der Waals surface area contributed by atoms with E-state index in [0.29, 0.717) is 0 Å². The summed E-state index contributed by atoms with van der Waals surface area (Å²) in [7, 11) is 0. The van der Waals surface area contributed by atoms with Crippen molar-refractivity contribution in [3.63, 3.8) is 0 Å². The Morgan fingerprint density at radius 2 is 2.45 bits per heavy atom. The average Bonchev–Trinajstić information content (AvgIpc) is 3.08. The Morgan fingerprint density at radius 3 is 3.35 bits per heavy atom. The highest BCUT2D eigenvalue weighted by atomic mass is 32.1. The normalized spacial score (nSPS) is 15.4. The zero-order chi connectivity index (χ0) is 13.8. The van der Waals surface area contributed by atoms with E-state index in [9.17, 15) is 0 Å².